The van der Waals surface area contributed by atoms with E-state index in [1.54, 1.807) is 0 Å². The molecule has 0 radical (unpaired) electrons. The van der Waals surface area contributed by atoms with E-state index < -0.39 is 5.41 Å². The SMILES string of the molecule is CCn1c(CNC(=O)C2(c3cccc(Cl)c3)CCCC2)n[nH]c1=S. The van der Waals surface area contributed by atoms with Gasteiger partial charge in [0.1, 0.15) is 0 Å². The largest absolute Gasteiger partial charge is 0.348 e. The number of carbonyl (C=O) groups excluding carboxylic acids is 1. The summed E-state index contributed by atoms with van der Waals surface area (Å²) in [6.07, 6.45) is 3.79. The number of halogens is 1. The first kappa shape index (κ1) is 17.2. The van der Waals surface area contributed by atoms with Crippen LogP contribution < -0.4 is 5.32 Å². The summed E-state index contributed by atoms with van der Waals surface area (Å²) in [6, 6.07) is 7.66. The molecule has 1 aromatic heterocycles. The van der Waals surface area contributed by atoms with Crippen LogP contribution in [0.15, 0.2) is 24.3 Å². The Hall–Kier alpha value is -1.66. The van der Waals surface area contributed by atoms with Crippen LogP contribution in [0.1, 0.15) is 44.0 Å². The summed E-state index contributed by atoms with van der Waals surface area (Å²) < 4.78 is 2.46. The van der Waals surface area contributed by atoms with Gasteiger partial charge < -0.3 is 9.88 Å². The zero-order valence-electron chi connectivity index (χ0n) is 13.6. The van der Waals surface area contributed by atoms with E-state index >= 15 is 0 Å². The third-order valence-electron chi connectivity index (χ3n) is 4.83. The maximum atomic E-state index is 13.0. The Kier molecular flexibility index (Phi) is 5.06. The van der Waals surface area contributed by atoms with Gasteiger partial charge in [-0.3, -0.25) is 9.89 Å². The number of H-pyrrole nitrogens is 1. The van der Waals surface area contributed by atoms with Crippen LogP contribution >= 0.6 is 23.8 Å². The van der Waals surface area contributed by atoms with Crippen LogP contribution in [-0.2, 0) is 23.3 Å². The molecule has 1 aliphatic carbocycles. The van der Waals surface area contributed by atoms with Gasteiger partial charge in [-0.15, -0.1) is 0 Å². The van der Waals surface area contributed by atoms with Gasteiger partial charge in [0, 0.05) is 11.6 Å². The molecule has 1 saturated carbocycles. The van der Waals surface area contributed by atoms with E-state index in [2.05, 4.69) is 15.5 Å². The summed E-state index contributed by atoms with van der Waals surface area (Å²) in [4.78, 5) is 13.0. The molecule has 0 saturated heterocycles. The number of nitrogens with one attached hydrogen (secondary N) is 2. The average Bonchev–Trinajstić information content (AvgIpc) is 3.20. The van der Waals surface area contributed by atoms with E-state index in [1.165, 1.54) is 0 Å². The van der Waals surface area contributed by atoms with Gasteiger partial charge in [0.15, 0.2) is 10.6 Å². The molecule has 1 fully saturated rings. The summed E-state index contributed by atoms with van der Waals surface area (Å²) in [6.45, 7) is 3.09. The number of nitrogens with zero attached hydrogens (tertiary/aromatic N) is 2. The first-order valence-electron chi connectivity index (χ1n) is 8.25. The number of aromatic nitrogens is 3. The predicted octanol–water partition coefficient (Wildman–Crippen LogP) is 3.74. The van der Waals surface area contributed by atoms with Crippen LogP contribution in [0.2, 0.25) is 5.02 Å². The van der Waals surface area contributed by atoms with Gasteiger partial charge in [0.25, 0.3) is 0 Å². The minimum atomic E-state index is -0.491. The number of rotatable bonds is 5. The van der Waals surface area contributed by atoms with Crippen molar-refractivity contribution in [2.45, 2.75) is 51.1 Å². The summed E-state index contributed by atoms with van der Waals surface area (Å²) >= 11 is 11.3. The van der Waals surface area contributed by atoms with Crippen molar-refractivity contribution in [3.63, 3.8) is 0 Å². The number of amides is 1. The third kappa shape index (κ3) is 3.13. The minimum absolute atomic E-state index is 0.0406. The van der Waals surface area contributed by atoms with Gasteiger partial charge in [-0.2, -0.15) is 5.10 Å². The molecule has 0 atom stereocenters. The predicted molar refractivity (Wildman–Crippen MR) is 96.5 cm³/mol. The summed E-state index contributed by atoms with van der Waals surface area (Å²) in [5, 5.41) is 10.7. The summed E-state index contributed by atoms with van der Waals surface area (Å²) in [5.41, 5.74) is 0.508. The first-order chi connectivity index (χ1) is 11.6. The van der Waals surface area contributed by atoms with Crippen LogP contribution in [-0.4, -0.2) is 20.7 Å². The van der Waals surface area contributed by atoms with E-state index in [4.69, 9.17) is 23.8 Å². The second-order valence-corrected chi connectivity index (χ2v) is 6.99. The first-order valence-corrected chi connectivity index (χ1v) is 9.04. The maximum Gasteiger partial charge on any atom is 0.231 e. The number of benzene rings is 1. The van der Waals surface area contributed by atoms with Gasteiger partial charge in [0.2, 0.25) is 5.91 Å². The average molecular weight is 365 g/mol. The molecule has 0 unspecified atom stereocenters. The van der Waals surface area contributed by atoms with Crippen molar-refractivity contribution in [3.05, 3.63) is 45.4 Å². The maximum absolute atomic E-state index is 13.0. The smallest absolute Gasteiger partial charge is 0.231 e. The Bertz CT molecular complexity index is 792. The molecule has 1 aromatic carbocycles. The van der Waals surface area contributed by atoms with Crippen LogP contribution in [0, 0.1) is 4.77 Å². The highest BCUT2D eigenvalue weighted by Crippen LogP contribution is 2.42. The second-order valence-electron chi connectivity index (χ2n) is 6.17. The fourth-order valence-electron chi connectivity index (χ4n) is 3.55. The number of hydrogen-bond acceptors (Lipinski definition) is 3. The monoisotopic (exact) mass is 364 g/mol. The van der Waals surface area contributed by atoms with Gasteiger partial charge in [-0.05, 0) is 49.7 Å². The molecular formula is C17H21ClN4OS. The minimum Gasteiger partial charge on any atom is -0.348 e. The van der Waals surface area contributed by atoms with Crippen molar-refractivity contribution < 1.29 is 4.79 Å². The Morgan fingerprint density at radius 3 is 2.88 bits per heavy atom. The van der Waals surface area contributed by atoms with E-state index in [0.29, 0.717) is 16.3 Å². The lowest BCUT2D eigenvalue weighted by atomic mass is 9.78. The topological polar surface area (TPSA) is 62.7 Å². The molecular weight excluding hydrogens is 344 g/mol. The Balaban J connectivity index is 1.82. The van der Waals surface area contributed by atoms with Gasteiger partial charge >= 0.3 is 0 Å². The quantitative estimate of drug-likeness (QED) is 0.794. The van der Waals surface area contributed by atoms with Crippen molar-refractivity contribution in [2.24, 2.45) is 0 Å². The molecule has 2 aromatic rings. The van der Waals surface area contributed by atoms with E-state index in [0.717, 1.165) is 43.6 Å². The lowest BCUT2D eigenvalue weighted by molar-refractivity contribution is -0.126. The van der Waals surface area contributed by atoms with E-state index in [1.807, 2.05) is 35.8 Å². The Morgan fingerprint density at radius 1 is 1.46 bits per heavy atom. The highest BCUT2D eigenvalue weighted by molar-refractivity contribution is 7.71. The van der Waals surface area contributed by atoms with Crippen molar-refractivity contribution in [2.75, 3.05) is 0 Å². The van der Waals surface area contributed by atoms with Gasteiger partial charge in [-0.1, -0.05) is 36.6 Å². The van der Waals surface area contributed by atoms with Gasteiger partial charge in [0.05, 0.1) is 12.0 Å². The lowest BCUT2D eigenvalue weighted by Crippen LogP contribution is -2.42. The normalized spacial score (nSPS) is 16.2. The molecule has 24 heavy (non-hydrogen) atoms. The molecule has 1 aliphatic rings. The van der Waals surface area contributed by atoms with Crippen molar-refractivity contribution >= 4 is 29.7 Å². The van der Waals surface area contributed by atoms with Crippen LogP contribution in [0.25, 0.3) is 0 Å². The molecule has 128 valence electrons. The lowest BCUT2D eigenvalue weighted by Gasteiger charge is -2.28. The zero-order valence-corrected chi connectivity index (χ0v) is 15.2. The fraction of sp³-hybridized carbons (Fsp3) is 0.471. The van der Waals surface area contributed by atoms with Crippen LogP contribution in [0.5, 0.6) is 0 Å². The van der Waals surface area contributed by atoms with E-state index in [-0.39, 0.29) is 5.91 Å². The van der Waals surface area contributed by atoms with Crippen LogP contribution in [0.3, 0.4) is 0 Å². The fourth-order valence-corrected chi connectivity index (χ4v) is 4.02. The van der Waals surface area contributed by atoms with Crippen molar-refractivity contribution in [1.82, 2.24) is 20.1 Å². The summed E-state index contributed by atoms with van der Waals surface area (Å²) in [5.74, 6) is 0.786. The summed E-state index contributed by atoms with van der Waals surface area (Å²) in [7, 11) is 0. The Morgan fingerprint density at radius 2 is 2.21 bits per heavy atom. The zero-order chi connectivity index (χ0) is 17.2. The molecule has 0 spiro atoms. The van der Waals surface area contributed by atoms with E-state index in [9.17, 15) is 4.79 Å². The highest BCUT2D eigenvalue weighted by Gasteiger charge is 2.42. The molecule has 1 amide bonds. The van der Waals surface area contributed by atoms with Crippen molar-refractivity contribution in [3.8, 4) is 0 Å². The standard InChI is InChI=1S/C17H21ClN4OS/c1-2-22-14(20-21-16(22)24)11-19-15(23)17(8-3-4-9-17)12-6-5-7-13(18)10-12/h5-7,10H,2-4,8-9,11H2,1H3,(H,19,23)(H,21,24). The Labute approximate surface area is 151 Å². The number of carbonyl (C=O) groups is 1. The van der Waals surface area contributed by atoms with Gasteiger partial charge in [-0.25, -0.2) is 0 Å². The number of hydrogen-bond donors (Lipinski definition) is 2. The molecule has 3 rings (SSSR count). The molecule has 1 heterocycles. The van der Waals surface area contributed by atoms with Crippen LogP contribution in [0.4, 0.5) is 0 Å². The van der Waals surface area contributed by atoms with Crippen molar-refractivity contribution in [1.29, 1.82) is 0 Å². The number of aromatic amines is 1. The molecule has 7 heteroatoms. The molecule has 0 bridgehead atoms. The molecule has 5 nitrogen and oxygen atoms in total. The third-order valence-corrected chi connectivity index (χ3v) is 5.38. The molecule has 2 N–H and O–H groups in total. The second kappa shape index (κ2) is 7.07. The molecule has 0 aliphatic heterocycles. The highest BCUT2D eigenvalue weighted by atomic mass is 35.5.